The highest BCUT2D eigenvalue weighted by Crippen LogP contribution is 2.10. The number of nitrogens with zero attached hydrogens (tertiary/aromatic N) is 4. The van der Waals surface area contributed by atoms with Crippen molar-refractivity contribution >= 4 is 34.1 Å². The fourth-order valence-corrected chi connectivity index (χ4v) is 2.72. The van der Waals surface area contributed by atoms with Crippen molar-refractivity contribution in [3.63, 3.8) is 0 Å². The molecule has 1 saturated heterocycles. The molecule has 5 nitrogen and oxygen atoms in total. The van der Waals surface area contributed by atoms with Crippen LogP contribution in [0.25, 0.3) is 11.0 Å². The molecule has 0 aliphatic carbocycles. The van der Waals surface area contributed by atoms with Crippen LogP contribution in [0.1, 0.15) is 31.9 Å². The van der Waals surface area contributed by atoms with Gasteiger partial charge >= 0.3 is 0 Å². The van der Waals surface area contributed by atoms with E-state index in [2.05, 4.69) is 25.4 Å². The Morgan fingerprint density at radius 3 is 2.68 bits per heavy atom. The Labute approximate surface area is 135 Å². The van der Waals surface area contributed by atoms with Crippen LogP contribution in [0.3, 0.4) is 0 Å². The second-order valence-electron chi connectivity index (χ2n) is 5.41. The summed E-state index contributed by atoms with van der Waals surface area (Å²) in [7, 11) is 0. The van der Waals surface area contributed by atoms with Gasteiger partial charge in [-0.25, -0.2) is 4.98 Å². The van der Waals surface area contributed by atoms with Crippen molar-refractivity contribution in [1.29, 1.82) is 0 Å². The van der Waals surface area contributed by atoms with Crippen molar-refractivity contribution in [2.75, 3.05) is 13.1 Å². The molecule has 3 rings (SSSR count). The summed E-state index contributed by atoms with van der Waals surface area (Å²) in [4.78, 5) is 11.1. The Hall–Kier alpha value is -2.08. The summed E-state index contributed by atoms with van der Waals surface area (Å²) in [6.07, 6.45) is 5.42. The number of hydrogen-bond donors (Lipinski definition) is 1. The third-order valence-corrected chi connectivity index (χ3v) is 4.13. The molecule has 1 aromatic carbocycles. The maximum atomic E-state index is 5.39. The van der Waals surface area contributed by atoms with Gasteiger partial charge in [-0.15, -0.1) is 0 Å². The van der Waals surface area contributed by atoms with Gasteiger partial charge in [-0.1, -0.05) is 12.1 Å². The Balaban J connectivity index is 1.71. The molecule has 0 bridgehead atoms. The predicted octanol–water partition coefficient (Wildman–Crippen LogP) is 2.71. The number of hydrogen-bond acceptors (Lipinski definition) is 4. The zero-order valence-electron chi connectivity index (χ0n) is 12.6. The normalized spacial score (nSPS) is 15.9. The van der Waals surface area contributed by atoms with Crippen LogP contribution in [0, 0.1) is 0 Å². The van der Waals surface area contributed by atoms with Gasteiger partial charge in [-0.2, -0.15) is 5.10 Å². The van der Waals surface area contributed by atoms with Gasteiger partial charge in [0.15, 0.2) is 5.11 Å². The first-order valence-electron chi connectivity index (χ1n) is 7.55. The molecule has 1 aliphatic rings. The number of fused-ring (bicyclic) bond motifs is 1. The lowest BCUT2D eigenvalue weighted by atomic mass is 10.1. The third kappa shape index (κ3) is 3.39. The summed E-state index contributed by atoms with van der Waals surface area (Å²) in [5.74, 6) is 0. The maximum Gasteiger partial charge on any atom is 0.189 e. The summed E-state index contributed by atoms with van der Waals surface area (Å²) in [5.41, 5.74) is 6.26. The van der Waals surface area contributed by atoms with Crippen molar-refractivity contribution in [2.45, 2.75) is 26.2 Å². The molecule has 0 saturated carbocycles. The Morgan fingerprint density at radius 2 is 1.91 bits per heavy atom. The highest BCUT2D eigenvalue weighted by Gasteiger charge is 2.12. The molecule has 114 valence electrons. The van der Waals surface area contributed by atoms with Crippen LogP contribution in [0.5, 0.6) is 0 Å². The molecule has 0 amide bonds. The summed E-state index contributed by atoms with van der Waals surface area (Å²) in [5, 5.41) is 5.05. The average Bonchev–Trinajstić information content (AvgIpc) is 2.59. The molecule has 6 heteroatoms. The lowest BCUT2D eigenvalue weighted by Crippen LogP contribution is -2.41. The number of para-hydroxylation sites is 2. The number of hydrazone groups is 1. The minimum absolute atomic E-state index is 0.688. The molecule has 0 unspecified atom stereocenters. The van der Waals surface area contributed by atoms with Gasteiger partial charge in [0, 0.05) is 13.1 Å². The standard InChI is InChI=1S/C16H19N5S/c1-12(19-20-16(22)21-9-5-2-6-10-21)15-11-17-13-7-3-4-8-14(13)18-15/h3-4,7-8,11H,2,5-6,9-10H2,1H3,(H,20,22)/b19-12-. The molecule has 22 heavy (non-hydrogen) atoms. The van der Waals surface area contributed by atoms with Gasteiger partial charge in [0.25, 0.3) is 0 Å². The molecular weight excluding hydrogens is 294 g/mol. The Bertz CT molecular complexity index is 707. The van der Waals surface area contributed by atoms with E-state index in [1.54, 1.807) is 6.20 Å². The highest BCUT2D eigenvalue weighted by molar-refractivity contribution is 7.80. The minimum Gasteiger partial charge on any atom is -0.348 e. The van der Waals surface area contributed by atoms with E-state index in [0.29, 0.717) is 5.11 Å². The molecule has 0 spiro atoms. The van der Waals surface area contributed by atoms with Gasteiger partial charge in [-0.3, -0.25) is 10.4 Å². The number of likely N-dealkylation sites (tertiary alicyclic amines) is 1. The topological polar surface area (TPSA) is 53.4 Å². The monoisotopic (exact) mass is 313 g/mol. The van der Waals surface area contributed by atoms with E-state index in [-0.39, 0.29) is 0 Å². The van der Waals surface area contributed by atoms with Crippen LogP contribution in [0.15, 0.2) is 35.6 Å². The van der Waals surface area contributed by atoms with Gasteiger partial charge < -0.3 is 4.90 Å². The molecule has 2 aromatic rings. The van der Waals surface area contributed by atoms with Crippen LogP contribution in [0.2, 0.25) is 0 Å². The van der Waals surface area contributed by atoms with E-state index < -0.39 is 0 Å². The summed E-state index contributed by atoms with van der Waals surface area (Å²) < 4.78 is 0. The van der Waals surface area contributed by atoms with Crippen LogP contribution in [-0.2, 0) is 0 Å². The number of piperidine rings is 1. The lowest BCUT2D eigenvalue weighted by molar-refractivity contribution is 0.338. The van der Waals surface area contributed by atoms with E-state index in [4.69, 9.17) is 12.2 Å². The molecular formula is C16H19N5S. The minimum atomic E-state index is 0.688. The molecule has 1 N–H and O–H groups in total. The van der Waals surface area contributed by atoms with Crippen molar-refractivity contribution in [1.82, 2.24) is 20.3 Å². The summed E-state index contributed by atoms with van der Waals surface area (Å²) in [6, 6.07) is 7.81. The molecule has 0 atom stereocenters. The zero-order valence-corrected chi connectivity index (χ0v) is 13.4. The zero-order chi connectivity index (χ0) is 15.4. The van der Waals surface area contributed by atoms with E-state index in [9.17, 15) is 0 Å². The van der Waals surface area contributed by atoms with Crippen LogP contribution in [0.4, 0.5) is 0 Å². The summed E-state index contributed by atoms with van der Waals surface area (Å²) in [6.45, 7) is 3.93. The number of benzene rings is 1. The number of nitrogens with one attached hydrogen (secondary N) is 1. The van der Waals surface area contributed by atoms with E-state index >= 15 is 0 Å². The van der Waals surface area contributed by atoms with Gasteiger partial charge in [0.2, 0.25) is 0 Å². The average molecular weight is 313 g/mol. The number of aromatic nitrogens is 2. The van der Waals surface area contributed by atoms with Crippen molar-refractivity contribution in [3.8, 4) is 0 Å². The van der Waals surface area contributed by atoms with Crippen molar-refractivity contribution < 1.29 is 0 Å². The SMILES string of the molecule is C/C(=N/NC(=S)N1CCCCC1)c1cnc2ccccc2n1. The molecule has 1 aromatic heterocycles. The van der Waals surface area contributed by atoms with Crippen LogP contribution < -0.4 is 5.43 Å². The Morgan fingerprint density at radius 1 is 1.18 bits per heavy atom. The first-order chi connectivity index (χ1) is 10.7. The highest BCUT2D eigenvalue weighted by atomic mass is 32.1. The predicted molar refractivity (Wildman–Crippen MR) is 92.9 cm³/mol. The fourth-order valence-electron chi connectivity index (χ4n) is 2.49. The van der Waals surface area contributed by atoms with Gasteiger partial charge in [0.05, 0.1) is 22.9 Å². The third-order valence-electron chi connectivity index (χ3n) is 3.78. The molecule has 0 radical (unpaired) electrons. The largest absolute Gasteiger partial charge is 0.348 e. The second-order valence-corrected chi connectivity index (χ2v) is 5.79. The first kappa shape index (κ1) is 14.8. The fraction of sp³-hybridized carbons (Fsp3) is 0.375. The van der Waals surface area contributed by atoms with E-state index in [1.165, 1.54) is 19.3 Å². The smallest absolute Gasteiger partial charge is 0.189 e. The summed E-state index contributed by atoms with van der Waals surface area (Å²) >= 11 is 5.39. The number of rotatable bonds is 2. The molecule has 2 heterocycles. The van der Waals surface area contributed by atoms with E-state index in [0.717, 1.165) is 35.5 Å². The van der Waals surface area contributed by atoms with Gasteiger partial charge in [-0.05, 0) is 50.5 Å². The van der Waals surface area contributed by atoms with Crippen LogP contribution >= 0.6 is 12.2 Å². The first-order valence-corrected chi connectivity index (χ1v) is 7.96. The van der Waals surface area contributed by atoms with Crippen LogP contribution in [-0.4, -0.2) is 38.8 Å². The van der Waals surface area contributed by atoms with Crippen molar-refractivity contribution in [3.05, 3.63) is 36.2 Å². The Kier molecular flexibility index (Phi) is 4.58. The van der Waals surface area contributed by atoms with E-state index in [1.807, 2.05) is 31.2 Å². The maximum absolute atomic E-state index is 5.39. The molecule has 1 fully saturated rings. The van der Waals surface area contributed by atoms with Crippen molar-refractivity contribution in [2.24, 2.45) is 5.10 Å². The lowest BCUT2D eigenvalue weighted by Gasteiger charge is -2.28. The second kappa shape index (κ2) is 6.79. The quantitative estimate of drug-likeness (QED) is 0.525. The van der Waals surface area contributed by atoms with Gasteiger partial charge in [0.1, 0.15) is 5.69 Å². The molecule has 1 aliphatic heterocycles. The number of thiocarbonyl (C=S) groups is 1.